The topological polar surface area (TPSA) is 99.1 Å². The molecule has 0 saturated carbocycles. The van der Waals surface area contributed by atoms with Gasteiger partial charge in [-0.3, -0.25) is 0 Å². The van der Waals surface area contributed by atoms with Crippen molar-refractivity contribution >= 4 is 0 Å². The molecule has 0 unspecified atom stereocenters. The molecule has 0 aliphatic heterocycles. The van der Waals surface area contributed by atoms with Crippen molar-refractivity contribution in [3.8, 4) is 45.8 Å². The third-order valence-electron chi connectivity index (χ3n) is 5.14. The monoisotopic (exact) mass is 576 g/mol. The van der Waals surface area contributed by atoms with Crippen LogP contribution in [0.3, 0.4) is 0 Å². The second-order valence-electron chi connectivity index (χ2n) is 7.25. The molecule has 0 aliphatic rings. The molecular weight excluding hydrogens is 576 g/mol. The first-order valence-corrected chi connectivity index (χ1v) is 9.75. The highest BCUT2D eigenvalue weighted by Gasteiger charge is 2.36. The van der Waals surface area contributed by atoms with E-state index in [9.17, 15) is 63.2 Å². The normalized spacial score (nSPS) is 10.9. The Kier molecular flexibility index (Phi) is 6.80. The average Bonchev–Trinajstić information content (AvgIpc) is 2.90. The fourth-order valence-corrected chi connectivity index (χ4v) is 3.51. The first-order chi connectivity index (χ1) is 18.8. The van der Waals surface area contributed by atoms with E-state index < -0.39 is 115 Å². The van der Waals surface area contributed by atoms with Crippen LogP contribution in [0.1, 0.15) is 11.1 Å². The van der Waals surface area contributed by atoms with E-state index in [2.05, 4.69) is 19.9 Å². The lowest BCUT2D eigenvalue weighted by atomic mass is 9.89. The Morgan fingerprint density at radius 2 is 0.600 bits per heavy atom. The molecule has 18 heteroatoms. The van der Waals surface area contributed by atoms with Gasteiger partial charge in [0.05, 0.1) is 39.2 Å². The van der Waals surface area contributed by atoms with Gasteiger partial charge < -0.3 is 0 Å². The van der Waals surface area contributed by atoms with Crippen molar-refractivity contribution in [1.29, 1.82) is 10.5 Å². The average molecular weight is 576 g/mol. The molecule has 202 valence electrons. The van der Waals surface area contributed by atoms with E-state index in [0.717, 1.165) is 12.1 Å². The van der Waals surface area contributed by atoms with Crippen molar-refractivity contribution in [2.75, 3.05) is 0 Å². The van der Waals surface area contributed by atoms with Crippen LogP contribution in [0.2, 0.25) is 0 Å². The van der Waals surface area contributed by atoms with Gasteiger partial charge in [0.25, 0.3) is 35.7 Å². The van der Waals surface area contributed by atoms with E-state index in [0.29, 0.717) is 0 Å². The Morgan fingerprint density at radius 1 is 0.350 bits per heavy atom. The lowest BCUT2D eigenvalue weighted by Gasteiger charge is -2.18. The number of hydrogen-bond donors (Lipinski definition) is 0. The summed E-state index contributed by atoms with van der Waals surface area (Å²) in [7, 11) is 0. The molecule has 40 heavy (non-hydrogen) atoms. The van der Waals surface area contributed by atoms with Crippen LogP contribution in [0.15, 0.2) is 0 Å². The summed E-state index contributed by atoms with van der Waals surface area (Å²) in [5, 5.41) is 19.3. The predicted molar refractivity (Wildman–Crippen MR) is 103 cm³/mol. The Hall–Kier alpha value is -5.26. The van der Waals surface area contributed by atoms with Crippen LogP contribution in [0.4, 0.5) is 52.7 Å². The fraction of sp³-hybridized carbons (Fsp3) is 0. The Bertz CT molecular complexity index is 1680. The molecule has 0 spiro atoms. The molecule has 4 aromatic heterocycles. The molecule has 4 heterocycles. The van der Waals surface area contributed by atoms with Crippen LogP contribution >= 0.6 is 0 Å². The molecule has 0 atom stereocenters. The standard InChI is InChI=1S/C22F12N6/c23-9-6(10(24)18(30)38-17(9)29)5-3(1-35)15(7-11(25)19(31)39-20(32)12(7)26)37-16(4(5)2-36)8-13(27)21(33)40-22(34)14(8)28. The molecule has 0 aliphatic carbocycles. The maximum atomic E-state index is 14.8. The van der Waals surface area contributed by atoms with Crippen LogP contribution in [0.5, 0.6) is 0 Å². The largest absolute Gasteiger partial charge is 0.252 e. The van der Waals surface area contributed by atoms with Crippen molar-refractivity contribution in [3.05, 3.63) is 81.7 Å². The van der Waals surface area contributed by atoms with Gasteiger partial charge >= 0.3 is 0 Å². The number of nitrogens with zero attached hydrogens (tertiary/aromatic N) is 6. The maximum absolute atomic E-state index is 14.8. The van der Waals surface area contributed by atoms with Gasteiger partial charge in [0.15, 0.2) is 34.9 Å². The smallest absolute Gasteiger partial charge is 0.244 e. The lowest BCUT2D eigenvalue weighted by molar-refractivity contribution is 0.409. The van der Waals surface area contributed by atoms with Crippen molar-refractivity contribution in [3.63, 3.8) is 0 Å². The second kappa shape index (κ2) is 9.80. The summed E-state index contributed by atoms with van der Waals surface area (Å²) >= 11 is 0. The quantitative estimate of drug-likeness (QED) is 0.230. The molecular formula is C22F12N6. The van der Waals surface area contributed by atoms with Crippen LogP contribution < -0.4 is 0 Å². The van der Waals surface area contributed by atoms with Gasteiger partial charge in [-0.1, -0.05) is 0 Å². The summed E-state index contributed by atoms with van der Waals surface area (Å²) < 4.78 is 172. The summed E-state index contributed by atoms with van der Waals surface area (Å²) in [4.78, 5) is 9.81. The second-order valence-corrected chi connectivity index (χ2v) is 7.25. The molecule has 0 bridgehead atoms. The molecule has 0 saturated heterocycles. The van der Waals surface area contributed by atoms with Crippen LogP contribution in [0.25, 0.3) is 33.6 Å². The van der Waals surface area contributed by atoms with E-state index in [4.69, 9.17) is 0 Å². The Morgan fingerprint density at radius 3 is 0.850 bits per heavy atom. The van der Waals surface area contributed by atoms with Crippen LogP contribution in [-0.2, 0) is 0 Å². The van der Waals surface area contributed by atoms with Gasteiger partial charge in [0, 0.05) is 5.56 Å². The minimum absolute atomic E-state index is 0.994. The summed E-state index contributed by atoms with van der Waals surface area (Å²) in [5.41, 5.74) is -14.9. The molecule has 6 nitrogen and oxygen atoms in total. The first kappa shape index (κ1) is 27.8. The van der Waals surface area contributed by atoms with E-state index in [1.807, 2.05) is 0 Å². The summed E-state index contributed by atoms with van der Waals surface area (Å²) in [6.07, 6.45) is 0. The molecule has 4 rings (SSSR count). The van der Waals surface area contributed by atoms with Crippen molar-refractivity contribution in [2.24, 2.45) is 0 Å². The Labute approximate surface area is 211 Å². The van der Waals surface area contributed by atoms with E-state index in [1.54, 1.807) is 0 Å². The minimum Gasteiger partial charge on any atom is -0.244 e. The summed E-state index contributed by atoms with van der Waals surface area (Å²) in [6, 6.07) is 1.99. The molecule has 0 fully saturated rings. The zero-order valence-electron chi connectivity index (χ0n) is 18.2. The number of pyridine rings is 4. The number of nitriles is 2. The summed E-state index contributed by atoms with van der Waals surface area (Å²) in [5.74, 6) is -29.5. The third kappa shape index (κ3) is 4.01. The van der Waals surface area contributed by atoms with E-state index in [-0.39, 0.29) is 0 Å². The number of aromatic nitrogens is 4. The lowest BCUT2D eigenvalue weighted by Crippen LogP contribution is -2.12. The fourth-order valence-electron chi connectivity index (χ4n) is 3.51. The van der Waals surface area contributed by atoms with Gasteiger partial charge in [0.2, 0.25) is 0 Å². The molecule has 0 amide bonds. The molecule has 0 N–H and O–H groups in total. The first-order valence-electron chi connectivity index (χ1n) is 9.75. The highest BCUT2D eigenvalue weighted by molar-refractivity contribution is 5.90. The van der Waals surface area contributed by atoms with Gasteiger partial charge in [-0.15, -0.1) is 0 Å². The molecule has 0 radical (unpaired) electrons. The van der Waals surface area contributed by atoms with Crippen LogP contribution in [-0.4, -0.2) is 19.9 Å². The zero-order valence-corrected chi connectivity index (χ0v) is 18.2. The van der Waals surface area contributed by atoms with Gasteiger partial charge in [-0.05, 0) is 0 Å². The zero-order chi connectivity index (χ0) is 29.8. The van der Waals surface area contributed by atoms with Gasteiger partial charge in [-0.25, -0.2) is 31.3 Å². The molecule has 0 aromatic carbocycles. The molecule has 4 aromatic rings. The third-order valence-corrected chi connectivity index (χ3v) is 5.14. The van der Waals surface area contributed by atoms with Crippen molar-refractivity contribution in [1.82, 2.24) is 19.9 Å². The number of hydrogen-bond acceptors (Lipinski definition) is 6. The Balaban J connectivity index is 2.41. The minimum atomic E-state index is -2.50. The predicted octanol–water partition coefficient (Wildman–Crippen LogP) is 5.68. The maximum Gasteiger partial charge on any atom is 0.252 e. The number of rotatable bonds is 3. The van der Waals surface area contributed by atoms with E-state index in [1.165, 1.54) is 0 Å². The highest BCUT2D eigenvalue weighted by Crippen LogP contribution is 2.43. The summed E-state index contributed by atoms with van der Waals surface area (Å²) in [6.45, 7) is 0. The van der Waals surface area contributed by atoms with E-state index >= 15 is 0 Å². The SMILES string of the molecule is N#Cc1c(-c2c(F)c(F)nc(F)c2F)nc(-c2c(F)c(F)nc(F)c2F)c(C#N)c1-c1c(F)c(F)nc(F)c1F. The van der Waals surface area contributed by atoms with Gasteiger partial charge in [0.1, 0.15) is 12.1 Å². The van der Waals surface area contributed by atoms with Gasteiger partial charge in [-0.2, -0.15) is 51.8 Å². The van der Waals surface area contributed by atoms with Crippen LogP contribution in [0, 0.1) is 93.3 Å². The highest BCUT2D eigenvalue weighted by atomic mass is 19.2. The number of halogens is 12. The van der Waals surface area contributed by atoms with Crippen molar-refractivity contribution in [2.45, 2.75) is 0 Å². The van der Waals surface area contributed by atoms with Crippen molar-refractivity contribution < 1.29 is 52.7 Å².